The van der Waals surface area contributed by atoms with Crippen molar-refractivity contribution >= 4 is 5.91 Å². The first-order valence-corrected chi connectivity index (χ1v) is 7.36. The lowest BCUT2D eigenvalue weighted by Gasteiger charge is -2.29. The van der Waals surface area contributed by atoms with Gasteiger partial charge in [-0.2, -0.15) is 0 Å². The summed E-state index contributed by atoms with van der Waals surface area (Å²) in [4.78, 5) is 11.5. The van der Waals surface area contributed by atoms with Gasteiger partial charge >= 0.3 is 0 Å². The topological polar surface area (TPSA) is 59.6 Å². The van der Waals surface area contributed by atoms with Crippen LogP contribution in [0.5, 0.6) is 0 Å². The number of hydrogen-bond donors (Lipinski definition) is 2. The van der Waals surface area contributed by atoms with E-state index >= 15 is 0 Å². The standard InChI is InChI=1S/C14H28N2O3/c1-3-8-15-12-4-6-13(7-5-12)19-11-14(17)16-9-10-18-2/h12-13,15H,3-11H2,1-2H3,(H,16,17). The zero-order valence-corrected chi connectivity index (χ0v) is 12.2. The van der Waals surface area contributed by atoms with Gasteiger partial charge in [0.15, 0.2) is 0 Å². The second-order valence-electron chi connectivity index (χ2n) is 5.08. The molecular weight excluding hydrogens is 244 g/mol. The lowest BCUT2D eigenvalue weighted by Crippen LogP contribution is -2.37. The average Bonchev–Trinajstić information content (AvgIpc) is 2.44. The molecule has 0 radical (unpaired) electrons. The molecule has 1 saturated carbocycles. The van der Waals surface area contributed by atoms with Gasteiger partial charge in [-0.1, -0.05) is 6.92 Å². The van der Waals surface area contributed by atoms with Gasteiger partial charge in [0.25, 0.3) is 0 Å². The fourth-order valence-corrected chi connectivity index (χ4v) is 2.32. The van der Waals surface area contributed by atoms with E-state index < -0.39 is 0 Å². The van der Waals surface area contributed by atoms with Gasteiger partial charge in [0.2, 0.25) is 5.91 Å². The van der Waals surface area contributed by atoms with Crippen molar-refractivity contribution in [1.29, 1.82) is 0 Å². The maximum atomic E-state index is 11.5. The summed E-state index contributed by atoms with van der Waals surface area (Å²) in [5.74, 6) is -0.0525. The number of hydrogen-bond acceptors (Lipinski definition) is 4. The number of carbonyl (C=O) groups is 1. The van der Waals surface area contributed by atoms with Crippen LogP contribution in [0.4, 0.5) is 0 Å². The van der Waals surface area contributed by atoms with E-state index in [0.29, 0.717) is 19.2 Å². The third-order valence-electron chi connectivity index (χ3n) is 3.44. The molecule has 0 spiro atoms. The largest absolute Gasteiger partial charge is 0.383 e. The van der Waals surface area contributed by atoms with Crippen molar-refractivity contribution in [2.24, 2.45) is 0 Å². The molecule has 0 bridgehead atoms. The predicted octanol–water partition coefficient (Wildman–Crippen LogP) is 1.08. The van der Waals surface area contributed by atoms with Crippen LogP contribution in [0.1, 0.15) is 39.0 Å². The summed E-state index contributed by atoms with van der Waals surface area (Å²) in [6.07, 6.45) is 5.82. The van der Waals surface area contributed by atoms with Gasteiger partial charge in [-0.3, -0.25) is 4.79 Å². The molecule has 19 heavy (non-hydrogen) atoms. The van der Waals surface area contributed by atoms with Gasteiger partial charge in [-0.25, -0.2) is 0 Å². The number of methoxy groups -OCH3 is 1. The normalized spacial score (nSPS) is 23.3. The first-order valence-electron chi connectivity index (χ1n) is 7.36. The highest BCUT2D eigenvalue weighted by atomic mass is 16.5. The Morgan fingerprint density at radius 2 is 1.95 bits per heavy atom. The van der Waals surface area contributed by atoms with Gasteiger partial charge in [-0.05, 0) is 38.6 Å². The Hall–Kier alpha value is -0.650. The number of carbonyl (C=O) groups excluding carboxylic acids is 1. The van der Waals surface area contributed by atoms with Gasteiger partial charge < -0.3 is 20.1 Å². The molecule has 0 unspecified atom stereocenters. The molecule has 0 atom stereocenters. The molecule has 1 rings (SSSR count). The fraction of sp³-hybridized carbons (Fsp3) is 0.929. The van der Waals surface area contributed by atoms with Gasteiger partial charge in [0, 0.05) is 19.7 Å². The number of ether oxygens (including phenoxy) is 2. The van der Waals surface area contributed by atoms with E-state index in [1.165, 1.54) is 6.42 Å². The van der Waals surface area contributed by atoms with Crippen LogP contribution in [0.15, 0.2) is 0 Å². The first kappa shape index (κ1) is 16.4. The van der Waals surface area contributed by atoms with Crippen molar-refractivity contribution < 1.29 is 14.3 Å². The highest BCUT2D eigenvalue weighted by Gasteiger charge is 2.21. The van der Waals surface area contributed by atoms with Crippen LogP contribution < -0.4 is 10.6 Å². The van der Waals surface area contributed by atoms with Crippen LogP contribution >= 0.6 is 0 Å². The number of amides is 1. The number of rotatable bonds is 9. The minimum absolute atomic E-state index is 0.0525. The Morgan fingerprint density at radius 1 is 1.21 bits per heavy atom. The molecule has 0 aromatic heterocycles. The number of nitrogens with one attached hydrogen (secondary N) is 2. The summed E-state index contributed by atoms with van der Waals surface area (Å²) in [7, 11) is 1.62. The summed E-state index contributed by atoms with van der Waals surface area (Å²) in [6, 6.07) is 0.635. The lowest BCUT2D eigenvalue weighted by atomic mass is 9.93. The molecular formula is C14H28N2O3. The van der Waals surface area contributed by atoms with E-state index in [1.54, 1.807) is 7.11 Å². The van der Waals surface area contributed by atoms with Crippen LogP contribution in [-0.2, 0) is 14.3 Å². The molecule has 0 aromatic carbocycles. The van der Waals surface area contributed by atoms with E-state index in [2.05, 4.69) is 17.6 Å². The molecule has 0 heterocycles. The van der Waals surface area contributed by atoms with Crippen LogP contribution in [0, 0.1) is 0 Å². The molecule has 112 valence electrons. The average molecular weight is 272 g/mol. The van der Waals surface area contributed by atoms with Crippen molar-refractivity contribution in [3.8, 4) is 0 Å². The van der Waals surface area contributed by atoms with Crippen LogP contribution in [0.25, 0.3) is 0 Å². The predicted molar refractivity (Wildman–Crippen MR) is 75.2 cm³/mol. The molecule has 1 aliphatic rings. The molecule has 1 aliphatic carbocycles. The van der Waals surface area contributed by atoms with Crippen molar-refractivity contribution in [2.75, 3.05) is 33.4 Å². The summed E-state index contributed by atoms with van der Waals surface area (Å²) in [5, 5.41) is 6.30. The van der Waals surface area contributed by atoms with Crippen LogP contribution in [-0.4, -0.2) is 51.5 Å². The van der Waals surface area contributed by atoms with Crippen LogP contribution in [0.2, 0.25) is 0 Å². The molecule has 0 aliphatic heterocycles. The molecule has 0 aromatic rings. The third kappa shape index (κ3) is 7.50. The minimum atomic E-state index is -0.0525. The zero-order valence-electron chi connectivity index (χ0n) is 12.2. The maximum absolute atomic E-state index is 11.5. The fourth-order valence-electron chi connectivity index (χ4n) is 2.32. The Bertz CT molecular complexity index is 241. The van der Waals surface area contributed by atoms with Crippen molar-refractivity contribution in [3.05, 3.63) is 0 Å². The molecule has 1 amide bonds. The minimum Gasteiger partial charge on any atom is -0.383 e. The summed E-state index contributed by atoms with van der Waals surface area (Å²) in [6.45, 7) is 4.54. The van der Waals surface area contributed by atoms with Gasteiger partial charge in [0.1, 0.15) is 6.61 Å². The second kappa shape index (κ2) is 10.2. The third-order valence-corrected chi connectivity index (χ3v) is 3.44. The Balaban J connectivity index is 2.04. The molecule has 2 N–H and O–H groups in total. The Morgan fingerprint density at radius 3 is 2.58 bits per heavy atom. The summed E-state index contributed by atoms with van der Waals surface area (Å²) in [5.41, 5.74) is 0. The smallest absolute Gasteiger partial charge is 0.246 e. The van der Waals surface area contributed by atoms with Crippen molar-refractivity contribution in [3.63, 3.8) is 0 Å². The van der Waals surface area contributed by atoms with E-state index in [4.69, 9.17) is 9.47 Å². The summed E-state index contributed by atoms with van der Waals surface area (Å²) >= 11 is 0. The monoisotopic (exact) mass is 272 g/mol. The zero-order chi connectivity index (χ0) is 13.9. The molecule has 0 saturated heterocycles. The van der Waals surface area contributed by atoms with Crippen molar-refractivity contribution in [2.45, 2.75) is 51.2 Å². The SMILES string of the molecule is CCCNC1CCC(OCC(=O)NCCOC)CC1. The highest BCUT2D eigenvalue weighted by molar-refractivity contribution is 5.77. The van der Waals surface area contributed by atoms with Gasteiger partial charge in [-0.15, -0.1) is 0 Å². The van der Waals surface area contributed by atoms with E-state index in [9.17, 15) is 4.79 Å². The molecule has 5 nitrogen and oxygen atoms in total. The van der Waals surface area contributed by atoms with E-state index in [1.807, 2.05) is 0 Å². The van der Waals surface area contributed by atoms with Gasteiger partial charge in [0.05, 0.1) is 12.7 Å². The quantitative estimate of drug-likeness (QED) is 0.617. The van der Waals surface area contributed by atoms with Crippen molar-refractivity contribution in [1.82, 2.24) is 10.6 Å². The second-order valence-corrected chi connectivity index (χ2v) is 5.08. The first-order chi connectivity index (χ1) is 9.26. The highest BCUT2D eigenvalue weighted by Crippen LogP contribution is 2.21. The molecule has 5 heteroatoms. The Labute approximate surface area is 116 Å². The van der Waals surface area contributed by atoms with Crippen LogP contribution in [0.3, 0.4) is 0 Å². The Kier molecular flexibility index (Phi) is 8.79. The maximum Gasteiger partial charge on any atom is 0.246 e. The molecule has 1 fully saturated rings. The van der Waals surface area contributed by atoms with E-state index in [-0.39, 0.29) is 18.6 Å². The summed E-state index contributed by atoms with van der Waals surface area (Å²) < 4.78 is 10.5. The lowest BCUT2D eigenvalue weighted by molar-refractivity contribution is -0.128. The van der Waals surface area contributed by atoms with E-state index in [0.717, 1.165) is 32.2 Å².